The van der Waals surface area contributed by atoms with Gasteiger partial charge in [-0.3, -0.25) is 5.41 Å². The van der Waals surface area contributed by atoms with Gasteiger partial charge in [0.05, 0.1) is 11.9 Å². The van der Waals surface area contributed by atoms with Crippen molar-refractivity contribution in [3.63, 3.8) is 0 Å². The van der Waals surface area contributed by atoms with Crippen LogP contribution in [0, 0.1) is 11.3 Å². The van der Waals surface area contributed by atoms with E-state index in [0.717, 1.165) is 19.5 Å². The molecule has 12 heavy (non-hydrogen) atoms. The predicted molar refractivity (Wildman–Crippen MR) is 49.6 cm³/mol. The number of ether oxygens (including phenoxy) is 1. The minimum absolute atomic E-state index is 0.305. The smallest absolute Gasteiger partial charge is 0.0926 e. The summed E-state index contributed by atoms with van der Waals surface area (Å²) in [4.78, 5) is 2.08. The molecule has 70 valence electrons. The van der Waals surface area contributed by atoms with Gasteiger partial charge in [-0.15, -0.1) is 0 Å². The van der Waals surface area contributed by atoms with Gasteiger partial charge in [0.2, 0.25) is 0 Å². The van der Waals surface area contributed by atoms with Crippen LogP contribution >= 0.6 is 0 Å². The van der Waals surface area contributed by atoms with Crippen molar-refractivity contribution in [1.82, 2.24) is 4.90 Å². The van der Waals surface area contributed by atoms with Crippen LogP contribution < -0.4 is 0 Å². The summed E-state index contributed by atoms with van der Waals surface area (Å²) >= 11 is 0. The summed E-state index contributed by atoms with van der Waals surface area (Å²) < 4.78 is 5.35. The molecule has 0 aliphatic carbocycles. The summed E-state index contributed by atoms with van der Waals surface area (Å²) in [6.45, 7) is 5.94. The molecule has 2 unspecified atom stereocenters. The molecule has 0 amide bonds. The first-order valence-electron chi connectivity index (χ1n) is 4.48. The van der Waals surface area contributed by atoms with Crippen molar-refractivity contribution >= 4 is 5.84 Å². The molecule has 1 saturated heterocycles. The largest absolute Gasteiger partial charge is 0.379 e. The first-order valence-corrected chi connectivity index (χ1v) is 4.48. The van der Waals surface area contributed by atoms with Crippen molar-refractivity contribution in [3.8, 4) is 0 Å². The Morgan fingerprint density at radius 3 is 2.75 bits per heavy atom. The van der Waals surface area contributed by atoms with Gasteiger partial charge in [-0.2, -0.15) is 0 Å². The van der Waals surface area contributed by atoms with E-state index >= 15 is 0 Å². The average Bonchev–Trinajstić information content (AvgIpc) is 2.05. The number of likely N-dealkylation sites (tertiary alicyclic amines) is 1. The van der Waals surface area contributed by atoms with E-state index in [-0.39, 0.29) is 0 Å². The fourth-order valence-corrected chi connectivity index (χ4v) is 1.65. The Balaban J connectivity index is 2.49. The summed E-state index contributed by atoms with van der Waals surface area (Å²) in [5.41, 5.74) is 0. The van der Waals surface area contributed by atoms with E-state index in [9.17, 15) is 0 Å². The zero-order valence-electron chi connectivity index (χ0n) is 8.13. The second kappa shape index (κ2) is 3.90. The normalized spacial score (nSPS) is 30.4. The fourth-order valence-electron chi connectivity index (χ4n) is 1.65. The van der Waals surface area contributed by atoms with E-state index in [0.29, 0.717) is 17.9 Å². The molecule has 1 N–H and O–H groups in total. The Morgan fingerprint density at radius 2 is 2.25 bits per heavy atom. The van der Waals surface area contributed by atoms with Gasteiger partial charge in [0, 0.05) is 20.2 Å². The van der Waals surface area contributed by atoms with Gasteiger partial charge < -0.3 is 9.64 Å². The highest BCUT2D eigenvalue weighted by molar-refractivity contribution is 5.76. The van der Waals surface area contributed by atoms with Gasteiger partial charge in [-0.25, -0.2) is 0 Å². The molecule has 1 aliphatic rings. The molecule has 1 fully saturated rings. The molecule has 0 bridgehead atoms. The third-order valence-corrected chi connectivity index (χ3v) is 2.67. The maximum atomic E-state index is 7.49. The SMILES string of the molecule is COC1CN(C(C)=N)CCC1C. The number of nitrogens with zero attached hydrogens (tertiary/aromatic N) is 1. The lowest BCUT2D eigenvalue weighted by Crippen LogP contribution is -2.45. The summed E-state index contributed by atoms with van der Waals surface area (Å²) in [5, 5.41) is 7.49. The van der Waals surface area contributed by atoms with Crippen molar-refractivity contribution in [2.45, 2.75) is 26.4 Å². The molecule has 3 nitrogen and oxygen atoms in total. The van der Waals surface area contributed by atoms with Crippen LogP contribution in [-0.4, -0.2) is 37.0 Å². The van der Waals surface area contributed by atoms with Crippen LogP contribution in [0.15, 0.2) is 0 Å². The minimum Gasteiger partial charge on any atom is -0.379 e. The number of piperidine rings is 1. The topological polar surface area (TPSA) is 36.3 Å². The molecule has 2 atom stereocenters. The molecule has 0 saturated carbocycles. The first kappa shape index (κ1) is 9.52. The number of methoxy groups -OCH3 is 1. The molecular formula is C9H18N2O. The first-order chi connectivity index (χ1) is 5.65. The molecule has 1 heterocycles. The molecule has 0 spiro atoms. The molecule has 1 aliphatic heterocycles. The monoisotopic (exact) mass is 170 g/mol. The molecule has 1 rings (SSSR count). The Bertz CT molecular complexity index is 170. The summed E-state index contributed by atoms with van der Waals surface area (Å²) in [5.74, 6) is 1.29. The molecular weight excluding hydrogens is 152 g/mol. The summed E-state index contributed by atoms with van der Waals surface area (Å²) in [6.07, 6.45) is 1.44. The number of hydrogen-bond acceptors (Lipinski definition) is 2. The molecule has 0 radical (unpaired) electrons. The third-order valence-electron chi connectivity index (χ3n) is 2.67. The lowest BCUT2D eigenvalue weighted by atomic mass is 9.96. The van der Waals surface area contributed by atoms with Gasteiger partial charge in [0.25, 0.3) is 0 Å². The average molecular weight is 170 g/mol. The second-order valence-electron chi connectivity index (χ2n) is 3.57. The van der Waals surface area contributed by atoms with E-state index < -0.39 is 0 Å². The lowest BCUT2D eigenvalue weighted by Gasteiger charge is -2.36. The van der Waals surface area contributed by atoms with Gasteiger partial charge in [-0.1, -0.05) is 6.92 Å². The number of rotatable bonds is 1. The van der Waals surface area contributed by atoms with Crippen molar-refractivity contribution in [2.75, 3.05) is 20.2 Å². The standard InChI is InChI=1S/C9H18N2O/c1-7-4-5-11(8(2)10)6-9(7)12-3/h7,9-10H,4-6H2,1-3H3. The van der Waals surface area contributed by atoms with E-state index in [2.05, 4.69) is 11.8 Å². The third kappa shape index (κ3) is 1.97. The van der Waals surface area contributed by atoms with Crippen LogP contribution in [0.4, 0.5) is 0 Å². The van der Waals surface area contributed by atoms with Crippen molar-refractivity contribution in [3.05, 3.63) is 0 Å². The van der Waals surface area contributed by atoms with Crippen LogP contribution in [0.25, 0.3) is 0 Å². The number of nitrogens with one attached hydrogen (secondary N) is 1. The van der Waals surface area contributed by atoms with E-state index in [1.54, 1.807) is 7.11 Å². The van der Waals surface area contributed by atoms with Gasteiger partial charge in [0.15, 0.2) is 0 Å². The van der Waals surface area contributed by atoms with Crippen molar-refractivity contribution < 1.29 is 4.74 Å². The maximum Gasteiger partial charge on any atom is 0.0926 e. The minimum atomic E-state index is 0.305. The molecule has 3 heteroatoms. The summed E-state index contributed by atoms with van der Waals surface area (Å²) in [7, 11) is 1.75. The molecule has 0 aromatic rings. The van der Waals surface area contributed by atoms with E-state index in [1.807, 2.05) is 6.92 Å². The van der Waals surface area contributed by atoms with Crippen LogP contribution in [0.5, 0.6) is 0 Å². The highest BCUT2D eigenvalue weighted by atomic mass is 16.5. The Kier molecular flexibility index (Phi) is 3.09. The van der Waals surface area contributed by atoms with E-state index in [1.165, 1.54) is 0 Å². The highest BCUT2D eigenvalue weighted by Gasteiger charge is 2.25. The lowest BCUT2D eigenvalue weighted by molar-refractivity contribution is 0.0146. The molecule has 0 aromatic carbocycles. The van der Waals surface area contributed by atoms with Crippen LogP contribution in [0.1, 0.15) is 20.3 Å². The Morgan fingerprint density at radius 1 is 1.58 bits per heavy atom. The van der Waals surface area contributed by atoms with Gasteiger partial charge in [-0.05, 0) is 19.3 Å². The highest BCUT2D eigenvalue weighted by Crippen LogP contribution is 2.19. The zero-order chi connectivity index (χ0) is 9.14. The second-order valence-corrected chi connectivity index (χ2v) is 3.57. The Labute approximate surface area is 74.2 Å². The number of hydrogen-bond donors (Lipinski definition) is 1. The fraction of sp³-hybridized carbons (Fsp3) is 0.889. The van der Waals surface area contributed by atoms with Crippen molar-refractivity contribution in [1.29, 1.82) is 5.41 Å². The van der Waals surface area contributed by atoms with Gasteiger partial charge >= 0.3 is 0 Å². The van der Waals surface area contributed by atoms with E-state index in [4.69, 9.17) is 10.1 Å². The summed E-state index contributed by atoms with van der Waals surface area (Å²) in [6, 6.07) is 0. The molecule has 0 aromatic heterocycles. The quantitative estimate of drug-likeness (QED) is 0.476. The van der Waals surface area contributed by atoms with Gasteiger partial charge in [0.1, 0.15) is 0 Å². The maximum absolute atomic E-state index is 7.49. The van der Waals surface area contributed by atoms with Crippen LogP contribution in [0.2, 0.25) is 0 Å². The van der Waals surface area contributed by atoms with Crippen LogP contribution in [-0.2, 0) is 4.74 Å². The van der Waals surface area contributed by atoms with Crippen molar-refractivity contribution in [2.24, 2.45) is 5.92 Å². The van der Waals surface area contributed by atoms with Crippen LogP contribution in [0.3, 0.4) is 0 Å². The number of amidine groups is 1. The Hall–Kier alpha value is -0.570. The predicted octanol–water partition coefficient (Wildman–Crippen LogP) is 1.34. The zero-order valence-corrected chi connectivity index (χ0v) is 8.13.